The molecule has 0 bridgehead atoms. The average molecular weight is 444 g/mol. The van der Waals surface area contributed by atoms with Crippen molar-refractivity contribution in [1.29, 1.82) is 0 Å². The highest BCUT2D eigenvalue weighted by atomic mass is 32.1. The number of hydrogen-bond donors (Lipinski definition) is 0. The van der Waals surface area contributed by atoms with Crippen LogP contribution in [0.1, 0.15) is 31.7 Å². The van der Waals surface area contributed by atoms with Crippen LogP contribution < -0.4 is 0 Å². The first-order valence-electron chi connectivity index (χ1n) is 11.2. The Balaban J connectivity index is 1.10. The van der Waals surface area contributed by atoms with Gasteiger partial charge in [-0.1, -0.05) is 6.07 Å². The zero-order valence-electron chi connectivity index (χ0n) is 18.0. The molecule has 9 heteroatoms. The van der Waals surface area contributed by atoms with Crippen LogP contribution in [0.25, 0.3) is 11.0 Å². The molecule has 8 nitrogen and oxygen atoms in total. The molecule has 3 aliphatic rings. The van der Waals surface area contributed by atoms with E-state index in [1.54, 1.807) is 4.90 Å². The number of nitrogens with zero attached hydrogens (tertiary/aromatic N) is 5. The lowest BCUT2D eigenvalue weighted by molar-refractivity contribution is -0.135. The van der Waals surface area contributed by atoms with Crippen molar-refractivity contribution in [3.05, 3.63) is 23.8 Å². The van der Waals surface area contributed by atoms with E-state index < -0.39 is 0 Å². The number of carbonyl (C=O) groups is 2. The monoisotopic (exact) mass is 443 g/mol. The number of aromatic nitrogens is 2. The first kappa shape index (κ1) is 20.6. The molecule has 1 aromatic carbocycles. The number of piperazine rings is 1. The molecule has 2 saturated heterocycles. The number of likely N-dealkylation sites (tertiary alicyclic amines) is 1. The zero-order chi connectivity index (χ0) is 21.4. The summed E-state index contributed by atoms with van der Waals surface area (Å²) in [7, 11) is 0. The second-order valence-corrected chi connectivity index (χ2v) is 9.52. The molecule has 3 heterocycles. The van der Waals surface area contributed by atoms with Crippen LogP contribution in [0.4, 0.5) is 4.79 Å². The van der Waals surface area contributed by atoms with Crippen LogP contribution in [0.15, 0.2) is 18.2 Å². The molecule has 2 aliphatic heterocycles. The van der Waals surface area contributed by atoms with Gasteiger partial charge in [0.05, 0.1) is 18.3 Å². The fourth-order valence-corrected chi connectivity index (χ4v) is 5.65. The van der Waals surface area contributed by atoms with Gasteiger partial charge in [-0.05, 0) is 62.4 Å². The second kappa shape index (κ2) is 8.35. The van der Waals surface area contributed by atoms with Crippen molar-refractivity contribution < 1.29 is 14.3 Å². The molecular weight excluding hydrogens is 414 g/mol. The second-order valence-electron chi connectivity index (χ2n) is 8.99. The van der Waals surface area contributed by atoms with Crippen molar-refractivity contribution in [2.45, 2.75) is 32.7 Å². The molecule has 166 valence electrons. The van der Waals surface area contributed by atoms with Gasteiger partial charge in [0.25, 0.3) is 0 Å². The minimum absolute atomic E-state index is 0.168. The Morgan fingerprint density at radius 2 is 1.77 bits per heavy atom. The maximum atomic E-state index is 13.1. The summed E-state index contributed by atoms with van der Waals surface area (Å²) in [4.78, 5) is 31.1. The van der Waals surface area contributed by atoms with Crippen LogP contribution in [-0.2, 0) is 16.1 Å². The summed E-state index contributed by atoms with van der Waals surface area (Å²) in [5.41, 5.74) is 3.42. The van der Waals surface area contributed by atoms with E-state index in [0.717, 1.165) is 49.9 Å². The Hall–Kier alpha value is -2.26. The molecule has 2 aromatic rings. The van der Waals surface area contributed by atoms with E-state index in [0.29, 0.717) is 38.7 Å². The molecular formula is C22H29N5O3S. The van der Waals surface area contributed by atoms with Crippen LogP contribution in [0.3, 0.4) is 0 Å². The number of benzene rings is 1. The SMILES string of the molecule is CCOC(=O)N1CCN(C(=O)[C@H]2CC23CCN(Cc2ccc4nsnc4c2)CC3)CC1. The van der Waals surface area contributed by atoms with Gasteiger partial charge in [0.2, 0.25) is 5.91 Å². The predicted molar refractivity (Wildman–Crippen MR) is 118 cm³/mol. The predicted octanol–water partition coefficient (Wildman–Crippen LogP) is 2.59. The smallest absolute Gasteiger partial charge is 0.409 e. The topological polar surface area (TPSA) is 78.9 Å². The van der Waals surface area contributed by atoms with E-state index >= 15 is 0 Å². The summed E-state index contributed by atoms with van der Waals surface area (Å²) in [6.07, 6.45) is 2.93. The first-order chi connectivity index (χ1) is 15.1. The highest BCUT2D eigenvalue weighted by molar-refractivity contribution is 7.00. The number of fused-ring (bicyclic) bond motifs is 1. The zero-order valence-corrected chi connectivity index (χ0v) is 18.8. The summed E-state index contributed by atoms with van der Waals surface area (Å²) in [5.74, 6) is 0.458. The van der Waals surface area contributed by atoms with E-state index in [1.165, 1.54) is 17.3 Å². The van der Waals surface area contributed by atoms with Crippen molar-refractivity contribution >= 4 is 34.8 Å². The average Bonchev–Trinajstić information content (AvgIpc) is 3.28. The lowest BCUT2D eigenvalue weighted by Gasteiger charge is -2.36. The third-order valence-electron chi connectivity index (χ3n) is 7.18. The van der Waals surface area contributed by atoms with Gasteiger partial charge in [-0.15, -0.1) is 0 Å². The summed E-state index contributed by atoms with van der Waals surface area (Å²) in [6, 6.07) is 6.34. The largest absolute Gasteiger partial charge is 0.450 e. The fraction of sp³-hybridized carbons (Fsp3) is 0.636. The van der Waals surface area contributed by atoms with Crippen LogP contribution in [0.5, 0.6) is 0 Å². The lowest BCUT2D eigenvalue weighted by atomic mass is 9.90. The Kier molecular flexibility index (Phi) is 5.56. The van der Waals surface area contributed by atoms with Crippen molar-refractivity contribution in [2.75, 3.05) is 45.9 Å². The first-order valence-corrected chi connectivity index (χ1v) is 11.9. The molecule has 1 aliphatic carbocycles. The Bertz CT molecular complexity index is 963. The van der Waals surface area contributed by atoms with Gasteiger partial charge in [0, 0.05) is 38.6 Å². The van der Waals surface area contributed by atoms with Crippen LogP contribution in [0, 0.1) is 11.3 Å². The number of piperidine rings is 1. The maximum Gasteiger partial charge on any atom is 0.409 e. The Labute approximate surface area is 186 Å². The Morgan fingerprint density at radius 3 is 2.52 bits per heavy atom. The van der Waals surface area contributed by atoms with Crippen LogP contribution in [-0.4, -0.2) is 81.3 Å². The quantitative estimate of drug-likeness (QED) is 0.723. The van der Waals surface area contributed by atoms with Gasteiger partial charge in [-0.2, -0.15) is 8.75 Å². The van der Waals surface area contributed by atoms with Gasteiger partial charge in [-0.3, -0.25) is 9.69 Å². The molecule has 2 amide bonds. The third kappa shape index (κ3) is 4.13. The maximum absolute atomic E-state index is 13.1. The minimum atomic E-state index is -0.268. The summed E-state index contributed by atoms with van der Waals surface area (Å²) >= 11 is 1.26. The molecule has 1 spiro atoms. The molecule has 0 unspecified atom stereocenters. The number of amides is 2. The van der Waals surface area contributed by atoms with Gasteiger partial charge in [0.15, 0.2) is 0 Å². The fourth-order valence-electron chi connectivity index (χ4n) is 5.13. The third-order valence-corrected chi connectivity index (χ3v) is 7.74. The van der Waals surface area contributed by atoms with Gasteiger partial charge >= 0.3 is 6.09 Å². The van der Waals surface area contributed by atoms with E-state index in [-0.39, 0.29) is 17.4 Å². The standard InChI is InChI=1S/C22H29N5O3S/c1-2-30-21(29)27-11-9-26(10-12-27)20(28)17-14-22(17)5-7-25(8-6-22)15-16-3-4-18-19(13-16)24-31-23-18/h3-4,13,17H,2,5-12,14-15H2,1H3/t17-/m1/s1. The summed E-state index contributed by atoms with van der Waals surface area (Å²) < 4.78 is 13.7. The van der Waals surface area contributed by atoms with Gasteiger partial charge in [0.1, 0.15) is 11.0 Å². The summed E-state index contributed by atoms with van der Waals surface area (Å²) in [5, 5.41) is 0. The van der Waals surface area contributed by atoms with E-state index in [9.17, 15) is 9.59 Å². The normalized spacial score (nSPS) is 23.3. The molecule has 3 fully saturated rings. The number of carbonyl (C=O) groups excluding carboxylic acids is 2. The molecule has 1 atom stereocenters. The van der Waals surface area contributed by atoms with Crippen molar-refractivity contribution in [3.8, 4) is 0 Å². The van der Waals surface area contributed by atoms with E-state index in [4.69, 9.17) is 4.74 Å². The molecule has 0 N–H and O–H groups in total. The van der Waals surface area contributed by atoms with E-state index in [2.05, 4.69) is 31.8 Å². The number of rotatable bonds is 4. The van der Waals surface area contributed by atoms with Crippen molar-refractivity contribution in [2.24, 2.45) is 11.3 Å². The van der Waals surface area contributed by atoms with Crippen LogP contribution in [0.2, 0.25) is 0 Å². The lowest BCUT2D eigenvalue weighted by Crippen LogP contribution is -2.51. The molecule has 31 heavy (non-hydrogen) atoms. The van der Waals surface area contributed by atoms with Gasteiger partial charge in [-0.25, -0.2) is 4.79 Å². The summed E-state index contributed by atoms with van der Waals surface area (Å²) in [6.45, 7) is 7.56. The highest BCUT2D eigenvalue weighted by Crippen LogP contribution is 2.60. The van der Waals surface area contributed by atoms with E-state index in [1.807, 2.05) is 11.8 Å². The van der Waals surface area contributed by atoms with Crippen LogP contribution >= 0.6 is 11.7 Å². The van der Waals surface area contributed by atoms with Crippen molar-refractivity contribution in [1.82, 2.24) is 23.4 Å². The van der Waals surface area contributed by atoms with Crippen molar-refractivity contribution in [3.63, 3.8) is 0 Å². The number of ether oxygens (including phenoxy) is 1. The van der Waals surface area contributed by atoms with Gasteiger partial charge < -0.3 is 14.5 Å². The minimum Gasteiger partial charge on any atom is -0.450 e. The molecule has 1 saturated carbocycles. The Morgan fingerprint density at radius 1 is 1.06 bits per heavy atom. The molecule has 5 rings (SSSR count). The number of hydrogen-bond acceptors (Lipinski definition) is 7. The molecule has 0 radical (unpaired) electrons. The molecule has 1 aromatic heterocycles. The highest BCUT2D eigenvalue weighted by Gasteiger charge is 2.59.